The molecule has 0 spiro atoms. The van der Waals surface area contributed by atoms with Gasteiger partial charge in [-0.2, -0.15) is 0 Å². The van der Waals surface area contributed by atoms with Crippen LogP contribution in [0.2, 0.25) is 0 Å². The molecule has 0 radical (unpaired) electrons. The van der Waals surface area contributed by atoms with Gasteiger partial charge in [-0.3, -0.25) is 4.79 Å². The molecule has 2 rings (SSSR count). The molecule has 0 aliphatic heterocycles. The van der Waals surface area contributed by atoms with E-state index in [0.717, 1.165) is 28.4 Å². The molecule has 0 fully saturated rings. The summed E-state index contributed by atoms with van der Waals surface area (Å²) in [7, 11) is 0. The van der Waals surface area contributed by atoms with Gasteiger partial charge in [0.05, 0.1) is 23.4 Å². The molecule has 1 atom stereocenters. The number of hydrogen-bond acceptors (Lipinski definition) is 4. The number of nitrogens with zero attached hydrogens (tertiary/aromatic N) is 1. The summed E-state index contributed by atoms with van der Waals surface area (Å²) in [5.41, 5.74) is 1.84. The second kappa shape index (κ2) is 8.29. The van der Waals surface area contributed by atoms with Gasteiger partial charge < -0.3 is 10.1 Å². The van der Waals surface area contributed by atoms with Crippen LogP contribution in [0.5, 0.6) is 5.75 Å². The summed E-state index contributed by atoms with van der Waals surface area (Å²) in [6.07, 6.45) is 0.907. The Labute approximate surface area is 148 Å². The smallest absolute Gasteiger partial charge is 0.263 e. The molecular formula is C19H26N2O2S. The van der Waals surface area contributed by atoms with Crippen molar-refractivity contribution in [3.05, 3.63) is 45.4 Å². The number of amides is 1. The summed E-state index contributed by atoms with van der Waals surface area (Å²) < 4.78 is 5.53. The van der Waals surface area contributed by atoms with Crippen molar-refractivity contribution >= 4 is 17.2 Å². The van der Waals surface area contributed by atoms with Crippen LogP contribution in [-0.4, -0.2) is 17.5 Å². The van der Waals surface area contributed by atoms with E-state index in [4.69, 9.17) is 4.74 Å². The predicted molar refractivity (Wildman–Crippen MR) is 98.9 cm³/mol. The van der Waals surface area contributed by atoms with Crippen molar-refractivity contribution in [3.8, 4) is 5.75 Å². The molecule has 4 nitrogen and oxygen atoms in total. The van der Waals surface area contributed by atoms with Gasteiger partial charge in [0.1, 0.15) is 10.6 Å². The number of aromatic nitrogens is 1. The van der Waals surface area contributed by atoms with Gasteiger partial charge in [-0.15, -0.1) is 11.3 Å². The zero-order valence-electron chi connectivity index (χ0n) is 15.1. The summed E-state index contributed by atoms with van der Waals surface area (Å²) in [4.78, 5) is 17.8. The normalized spacial score (nSPS) is 12.2. The first-order valence-electron chi connectivity index (χ1n) is 8.40. The SMILES string of the molecule is CCOc1cccc(C(C)NC(=O)c2sc(CC(C)C)nc2C)c1. The zero-order valence-corrected chi connectivity index (χ0v) is 15.9. The molecule has 1 aromatic carbocycles. The van der Waals surface area contributed by atoms with E-state index in [1.54, 1.807) is 0 Å². The topological polar surface area (TPSA) is 51.2 Å². The molecule has 1 unspecified atom stereocenters. The molecule has 0 bridgehead atoms. The maximum Gasteiger partial charge on any atom is 0.263 e. The Morgan fingerprint density at radius 2 is 2.08 bits per heavy atom. The van der Waals surface area contributed by atoms with Crippen LogP contribution >= 0.6 is 11.3 Å². The van der Waals surface area contributed by atoms with E-state index in [1.165, 1.54) is 11.3 Å². The van der Waals surface area contributed by atoms with Crippen LogP contribution < -0.4 is 10.1 Å². The predicted octanol–water partition coefficient (Wildman–Crippen LogP) is 4.54. The fourth-order valence-corrected chi connectivity index (χ4v) is 3.67. The van der Waals surface area contributed by atoms with Gasteiger partial charge in [-0.25, -0.2) is 4.98 Å². The van der Waals surface area contributed by atoms with Crippen LogP contribution in [0, 0.1) is 12.8 Å². The van der Waals surface area contributed by atoms with Crippen molar-refractivity contribution in [2.45, 2.75) is 47.1 Å². The third-order valence-electron chi connectivity index (χ3n) is 3.65. The lowest BCUT2D eigenvalue weighted by Gasteiger charge is -2.15. The second-order valence-corrected chi connectivity index (χ2v) is 7.40. The molecule has 0 saturated carbocycles. The first-order valence-corrected chi connectivity index (χ1v) is 9.22. The molecule has 1 aromatic heterocycles. The van der Waals surface area contributed by atoms with Crippen molar-refractivity contribution in [1.82, 2.24) is 10.3 Å². The Bertz CT molecular complexity index is 694. The lowest BCUT2D eigenvalue weighted by Crippen LogP contribution is -2.26. The first-order chi connectivity index (χ1) is 11.4. The van der Waals surface area contributed by atoms with Gasteiger partial charge in [-0.05, 0) is 44.4 Å². The Morgan fingerprint density at radius 1 is 1.33 bits per heavy atom. The van der Waals surface area contributed by atoms with E-state index in [9.17, 15) is 4.79 Å². The van der Waals surface area contributed by atoms with E-state index in [2.05, 4.69) is 24.1 Å². The number of nitrogens with one attached hydrogen (secondary N) is 1. The second-order valence-electron chi connectivity index (χ2n) is 6.32. The number of hydrogen-bond donors (Lipinski definition) is 1. The van der Waals surface area contributed by atoms with Crippen molar-refractivity contribution in [2.24, 2.45) is 5.92 Å². The molecule has 1 N–H and O–H groups in total. The highest BCUT2D eigenvalue weighted by Crippen LogP contribution is 2.23. The van der Waals surface area contributed by atoms with Crippen molar-refractivity contribution in [3.63, 3.8) is 0 Å². The van der Waals surface area contributed by atoms with Crippen LogP contribution in [0.25, 0.3) is 0 Å². The van der Waals surface area contributed by atoms with Crippen LogP contribution in [0.15, 0.2) is 24.3 Å². The third kappa shape index (κ3) is 4.81. The summed E-state index contributed by atoms with van der Waals surface area (Å²) in [6.45, 7) is 10.8. The summed E-state index contributed by atoms with van der Waals surface area (Å²) in [6, 6.07) is 7.75. The van der Waals surface area contributed by atoms with Crippen LogP contribution in [0.3, 0.4) is 0 Å². The number of rotatable bonds is 7. The number of carbonyl (C=O) groups excluding carboxylic acids is 1. The molecule has 0 saturated heterocycles. The maximum absolute atomic E-state index is 12.6. The Morgan fingerprint density at radius 3 is 2.75 bits per heavy atom. The third-order valence-corrected chi connectivity index (χ3v) is 4.83. The van der Waals surface area contributed by atoms with Crippen LogP contribution in [-0.2, 0) is 6.42 Å². The zero-order chi connectivity index (χ0) is 17.7. The highest BCUT2D eigenvalue weighted by Gasteiger charge is 2.18. The van der Waals surface area contributed by atoms with E-state index in [0.29, 0.717) is 17.4 Å². The number of ether oxygens (including phenoxy) is 1. The monoisotopic (exact) mass is 346 g/mol. The van der Waals surface area contributed by atoms with Gasteiger partial charge in [0.25, 0.3) is 5.91 Å². The number of benzene rings is 1. The Balaban J connectivity index is 2.08. The Kier molecular flexibility index (Phi) is 6.37. The highest BCUT2D eigenvalue weighted by molar-refractivity contribution is 7.13. The summed E-state index contributed by atoms with van der Waals surface area (Å²) in [5.74, 6) is 1.30. The minimum absolute atomic E-state index is 0.0608. The quantitative estimate of drug-likeness (QED) is 0.801. The van der Waals surface area contributed by atoms with Crippen molar-refractivity contribution in [2.75, 3.05) is 6.61 Å². The van der Waals surface area contributed by atoms with Gasteiger partial charge in [0.2, 0.25) is 0 Å². The van der Waals surface area contributed by atoms with E-state index in [1.807, 2.05) is 45.0 Å². The molecular weight excluding hydrogens is 320 g/mol. The number of thiazole rings is 1. The molecule has 24 heavy (non-hydrogen) atoms. The van der Waals surface area contributed by atoms with E-state index < -0.39 is 0 Å². The number of carbonyl (C=O) groups is 1. The first kappa shape index (κ1) is 18.5. The molecule has 5 heteroatoms. The minimum Gasteiger partial charge on any atom is -0.494 e. The van der Waals surface area contributed by atoms with Gasteiger partial charge in [0.15, 0.2) is 0 Å². The fourth-order valence-electron chi connectivity index (χ4n) is 2.49. The molecule has 130 valence electrons. The Hall–Kier alpha value is -1.88. The molecule has 2 aromatic rings. The molecule has 0 aliphatic carbocycles. The van der Waals surface area contributed by atoms with Gasteiger partial charge in [0, 0.05) is 6.42 Å². The van der Waals surface area contributed by atoms with Crippen molar-refractivity contribution in [1.29, 1.82) is 0 Å². The van der Waals surface area contributed by atoms with Crippen LogP contribution in [0.4, 0.5) is 0 Å². The summed E-state index contributed by atoms with van der Waals surface area (Å²) in [5, 5.41) is 4.09. The maximum atomic E-state index is 12.6. The lowest BCUT2D eigenvalue weighted by molar-refractivity contribution is 0.0943. The van der Waals surface area contributed by atoms with Gasteiger partial charge in [-0.1, -0.05) is 26.0 Å². The largest absolute Gasteiger partial charge is 0.494 e. The molecule has 1 amide bonds. The fraction of sp³-hybridized carbons (Fsp3) is 0.474. The average Bonchev–Trinajstić information content (AvgIpc) is 2.87. The van der Waals surface area contributed by atoms with Gasteiger partial charge >= 0.3 is 0 Å². The minimum atomic E-state index is -0.0899. The molecule has 0 aliphatic rings. The average molecular weight is 346 g/mol. The highest BCUT2D eigenvalue weighted by atomic mass is 32.1. The molecule has 1 heterocycles. The van der Waals surface area contributed by atoms with Crippen LogP contribution in [0.1, 0.15) is 59.7 Å². The summed E-state index contributed by atoms with van der Waals surface area (Å²) >= 11 is 1.50. The standard InChI is InChI=1S/C19H26N2O2S/c1-6-23-16-9-7-8-15(11-16)13(4)21-19(22)18-14(5)20-17(24-18)10-12(2)3/h7-9,11-13H,6,10H2,1-5H3,(H,21,22). The van der Waals surface area contributed by atoms with E-state index in [-0.39, 0.29) is 11.9 Å². The lowest BCUT2D eigenvalue weighted by atomic mass is 10.1. The number of aryl methyl sites for hydroxylation is 1. The van der Waals surface area contributed by atoms with Crippen molar-refractivity contribution < 1.29 is 9.53 Å². The van der Waals surface area contributed by atoms with E-state index >= 15 is 0 Å².